The number of ketones is 1. The molecule has 1 aliphatic heterocycles. The molecule has 42 heavy (non-hydrogen) atoms. The summed E-state index contributed by atoms with van der Waals surface area (Å²) >= 11 is 6.31. The predicted octanol–water partition coefficient (Wildman–Crippen LogP) is 6.22. The lowest BCUT2D eigenvalue weighted by atomic mass is 9.97. The van der Waals surface area contributed by atoms with E-state index in [-0.39, 0.29) is 30.6 Å². The Morgan fingerprint density at radius 1 is 0.905 bits per heavy atom. The van der Waals surface area contributed by atoms with Gasteiger partial charge in [-0.1, -0.05) is 84.4 Å². The summed E-state index contributed by atoms with van der Waals surface area (Å²) in [6.07, 6.45) is 2.48. The third kappa shape index (κ3) is 8.12. The van der Waals surface area contributed by atoms with E-state index in [9.17, 15) is 13.8 Å². The molecular formula is C33H32ClN3O4S. The third-order valence-corrected chi connectivity index (χ3v) is 8.86. The lowest BCUT2D eigenvalue weighted by molar-refractivity contribution is 0.0787. The number of benzene rings is 3. The molecule has 1 fully saturated rings. The van der Waals surface area contributed by atoms with Gasteiger partial charge in [0.15, 0.2) is 5.78 Å². The number of halogens is 1. The normalized spacial score (nSPS) is 14.9. The highest BCUT2D eigenvalue weighted by atomic mass is 35.5. The molecular weight excluding hydrogens is 570 g/mol. The van der Waals surface area contributed by atoms with Gasteiger partial charge in [0.2, 0.25) is 0 Å². The zero-order chi connectivity index (χ0) is 29.3. The minimum atomic E-state index is -1.02. The van der Waals surface area contributed by atoms with Gasteiger partial charge in [-0.2, -0.15) is 0 Å². The summed E-state index contributed by atoms with van der Waals surface area (Å²) in [5.41, 5.74) is 4.94. The Kier molecular flexibility index (Phi) is 10.1. The molecule has 216 valence electrons. The van der Waals surface area contributed by atoms with E-state index in [0.717, 1.165) is 35.2 Å². The van der Waals surface area contributed by atoms with Crippen LogP contribution in [0.25, 0.3) is 0 Å². The van der Waals surface area contributed by atoms with Crippen molar-refractivity contribution in [2.24, 2.45) is 0 Å². The largest absolute Gasteiger partial charge is 0.445 e. The van der Waals surface area contributed by atoms with Gasteiger partial charge in [0.1, 0.15) is 11.8 Å². The van der Waals surface area contributed by atoms with Crippen molar-refractivity contribution in [3.8, 4) is 0 Å². The first-order valence-corrected chi connectivity index (χ1v) is 15.5. The van der Waals surface area contributed by atoms with Crippen LogP contribution in [-0.4, -0.2) is 49.1 Å². The fourth-order valence-corrected chi connectivity index (χ4v) is 6.34. The topological polar surface area (TPSA) is 79.8 Å². The molecule has 7 nitrogen and oxygen atoms in total. The van der Waals surface area contributed by atoms with Crippen LogP contribution in [0.2, 0.25) is 5.15 Å². The Bertz CT molecular complexity index is 1550. The van der Waals surface area contributed by atoms with E-state index in [1.54, 1.807) is 18.3 Å². The minimum absolute atomic E-state index is 0.0648. The predicted molar refractivity (Wildman–Crippen MR) is 164 cm³/mol. The lowest BCUT2D eigenvalue weighted by Crippen LogP contribution is -2.36. The lowest BCUT2D eigenvalue weighted by Gasteiger charge is -2.22. The van der Waals surface area contributed by atoms with Crippen LogP contribution >= 0.6 is 11.6 Å². The van der Waals surface area contributed by atoms with Crippen LogP contribution < -0.4 is 0 Å². The maximum Gasteiger partial charge on any atom is 0.410 e. The van der Waals surface area contributed by atoms with Crippen molar-refractivity contribution in [1.29, 1.82) is 0 Å². The number of ether oxygens (including phenoxy) is 1. The van der Waals surface area contributed by atoms with Crippen molar-refractivity contribution in [3.05, 3.63) is 136 Å². The first-order chi connectivity index (χ1) is 20.4. The number of pyridine rings is 1. The fraction of sp³-hybridized carbons (Fsp3) is 0.242. The van der Waals surface area contributed by atoms with Gasteiger partial charge >= 0.3 is 6.09 Å². The van der Waals surface area contributed by atoms with E-state index in [1.165, 1.54) is 4.90 Å². The van der Waals surface area contributed by atoms with Gasteiger partial charge in [-0.15, -0.1) is 0 Å². The molecule has 9 heteroatoms. The van der Waals surface area contributed by atoms with Crippen LogP contribution in [0.1, 0.15) is 44.6 Å². The molecule has 0 spiro atoms. The molecule has 0 aliphatic carbocycles. The molecule has 1 atom stereocenters. The number of nitrogens with zero attached hydrogens (tertiary/aromatic N) is 3. The summed E-state index contributed by atoms with van der Waals surface area (Å²) in [5, 5.41) is 0.261. The van der Waals surface area contributed by atoms with E-state index in [1.807, 2.05) is 77.1 Å². The monoisotopic (exact) mass is 601 g/mol. The summed E-state index contributed by atoms with van der Waals surface area (Å²) in [6, 6.07) is 28.7. The van der Waals surface area contributed by atoms with Gasteiger partial charge < -0.3 is 4.74 Å². The molecule has 5 rings (SSSR count). The van der Waals surface area contributed by atoms with Gasteiger partial charge in [-0.25, -0.2) is 18.3 Å². The van der Waals surface area contributed by atoms with Gasteiger partial charge in [0, 0.05) is 36.2 Å². The highest BCUT2D eigenvalue weighted by Gasteiger charge is 2.24. The SMILES string of the molecule is O=C(CN(Cc1cccnc1Cl)C(=O)OCc1ccccc1)c1cc(Cc2ccccc2)cc(CN2CCCS2=O)c1. The Morgan fingerprint density at radius 3 is 2.31 bits per heavy atom. The van der Waals surface area contributed by atoms with E-state index in [2.05, 4.69) is 11.1 Å². The molecule has 0 radical (unpaired) electrons. The number of amides is 1. The number of Topliss-reactive ketones (excluding diaryl/α,β-unsaturated/α-hetero) is 1. The second-order valence-electron chi connectivity index (χ2n) is 10.2. The number of hydrogen-bond acceptors (Lipinski definition) is 5. The highest BCUT2D eigenvalue weighted by Crippen LogP contribution is 2.21. The third-order valence-electron chi connectivity index (χ3n) is 6.99. The van der Waals surface area contributed by atoms with Gasteiger partial charge in [0.05, 0.1) is 24.1 Å². The second kappa shape index (κ2) is 14.4. The number of carbonyl (C=O) groups is 2. The molecule has 0 N–H and O–H groups in total. The summed E-state index contributed by atoms with van der Waals surface area (Å²) in [6.45, 7) is 1.18. The molecule has 1 amide bonds. The number of rotatable bonds is 11. The molecule has 1 saturated heterocycles. The van der Waals surface area contributed by atoms with Crippen LogP contribution in [0.15, 0.2) is 97.2 Å². The Balaban J connectivity index is 1.39. The Hall–Kier alpha value is -3.85. The van der Waals surface area contributed by atoms with E-state index >= 15 is 0 Å². The van der Waals surface area contributed by atoms with Crippen molar-refractivity contribution < 1.29 is 18.5 Å². The molecule has 2 heterocycles. The highest BCUT2D eigenvalue weighted by molar-refractivity contribution is 7.82. The van der Waals surface area contributed by atoms with Crippen LogP contribution in [-0.2, 0) is 41.8 Å². The molecule has 1 unspecified atom stereocenters. The first kappa shape index (κ1) is 29.6. The van der Waals surface area contributed by atoms with Gasteiger partial charge in [-0.3, -0.25) is 9.69 Å². The van der Waals surface area contributed by atoms with E-state index in [0.29, 0.717) is 29.8 Å². The maximum atomic E-state index is 13.8. The molecule has 1 aromatic heterocycles. The van der Waals surface area contributed by atoms with Crippen LogP contribution in [0.5, 0.6) is 0 Å². The van der Waals surface area contributed by atoms with Crippen molar-refractivity contribution in [2.45, 2.75) is 32.5 Å². The summed E-state index contributed by atoms with van der Waals surface area (Å²) in [4.78, 5) is 32.6. The summed E-state index contributed by atoms with van der Waals surface area (Å²) in [7, 11) is -1.02. The summed E-state index contributed by atoms with van der Waals surface area (Å²) in [5.74, 6) is 0.428. The zero-order valence-corrected chi connectivity index (χ0v) is 24.7. The van der Waals surface area contributed by atoms with Gasteiger partial charge in [-0.05, 0) is 53.3 Å². The zero-order valence-electron chi connectivity index (χ0n) is 23.2. The molecule has 3 aromatic carbocycles. The molecule has 1 aliphatic rings. The van der Waals surface area contributed by atoms with Crippen molar-refractivity contribution in [3.63, 3.8) is 0 Å². The average molecular weight is 602 g/mol. The van der Waals surface area contributed by atoms with Crippen LogP contribution in [0.3, 0.4) is 0 Å². The quantitative estimate of drug-likeness (QED) is 0.151. The van der Waals surface area contributed by atoms with Crippen LogP contribution in [0.4, 0.5) is 4.79 Å². The smallest absolute Gasteiger partial charge is 0.410 e. The maximum absolute atomic E-state index is 13.8. The van der Waals surface area contributed by atoms with Crippen LogP contribution in [0, 0.1) is 0 Å². The van der Waals surface area contributed by atoms with Gasteiger partial charge in [0.25, 0.3) is 0 Å². The Morgan fingerprint density at radius 2 is 1.62 bits per heavy atom. The minimum Gasteiger partial charge on any atom is -0.445 e. The number of aromatic nitrogens is 1. The second-order valence-corrected chi connectivity index (χ2v) is 12.1. The number of hydrogen-bond donors (Lipinski definition) is 0. The average Bonchev–Trinajstić information content (AvgIpc) is 3.41. The van der Waals surface area contributed by atoms with E-state index < -0.39 is 17.1 Å². The van der Waals surface area contributed by atoms with Crippen molar-refractivity contribution in [2.75, 3.05) is 18.8 Å². The van der Waals surface area contributed by atoms with E-state index in [4.69, 9.17) is 16.3 Å². The van der Waals surface area contributed by atoms with Crippen molar-refractivity contribution >= 4 is 34.5 Å². The standard InChI is InChI=1S/C33H32ClN3O4S/c34-32-29(13-7-14-35-32)22-36(33(39)41-24-26-11-5-2-6-12-26)23-31(38)30-19-27(17-25-9-3-1-4-10-25)18-28(20-30)21-37-15-8-16-42(37)40/h1-7,9-14,18-20H,8,15-17,21-24H2. The molecule has 0 bridgehead atoms. The molecule has 0 saturated carbocycles. The molecule has 4 aromatic rings. The number of carbonyl (C=O) groups excluding carboxylic acids is 2. The fourth-order valence-electron chi connectivity index (χ4n) is 4.90. The first-order valence-electron chi connectivity index (χ1n) is 13.8. The Labute approximate surface area is 253 Å². The van der Waals surface area contributed by atoms with Crippen molar-refractivity contribution in [1.82, 2.24) is 14.2 Å². The summed E-state index contributed by atoms with van der Waals surface area (Å²) < 4.78 is 20.0.